The minimum Gasteiger partial charge on any atom is -0.342 e. The monoisotopic (exact) mass is 303 g/mol. The van der Waals surface area contributed by atoms with Crippen molar-refractivity contribution in [2.45, 2.75) is 13.3 Å². The molecule has 2 N–H and O–H groups in total. The second-order valence-corrected chi connectivity index (χ2v) is 7.46. The van der Waals surface area contributed by atoms with Gasteiger partial charge in [0.15, 0.2) is 0 Å². The molecule has 0 aromatic heterocycles. The first-order valence-corrected chi connectivity index (χ1v) is 8.87. The molecule has 0 radical (unpaired) electrons. The molecule has 0 heterocycles. The van der Waals surface area contributed by atoms with Crippen LogP contribution in [0.2, 0.25) is 0 Å². The molecular weight excluding hydrogens is 289 g/mol. The van der Waals surface area contributed by atoms with Crippen LogP contribution in [0.25, 0.3) is 11.1 Å². The minimum atomic E-state index is -3.57. The van der Waals surface area contributed by atoms with E-state index in [0.29, 0.717) is 22.9 Å². The lowest BCUT2D eigenvalue weighted by Gasteiger charge is -2.18. The molecule has 5 heteroatoms. The van der Waals surface area contributed by atoms with Gasteiger partial charge < -0.3 is 9.79 Å². The highest BCUT2D eigenvalue weighted by Gasteiger charge is 2.22. The van der Waals surface area contributed by atoms with Gasteiger partial charge in [0.05, 0.1) is 11.6 Å². The maximum absolute atomic E-state index is 9.91. The van der Waals surface area contributed by atoms with E-state index in [-0.39, 0.29) is 0 Å². The van der Waals surface area contributed by atoms with Crippen molar-refractivity contribution in [1.29, 1.82) is 5.26 Å². The zero-order valence-electron chi connectivity index (χ0n) is 10.9. The fourth-order valence-corrected chi connectivity index (χ4v) is 3.56. The lowest BCUT2D eigenvalue weighted by Crippen LogP contribution is -2.12. The molecule has 20 heavy (non-hydrogen) atoms. The Labute approximate surface area is 123 Å². The van der Waals surface area contributed by atoms with E-state index in [1.54, 1.807) is 12.1 Å². The van der Waals surface area contributed by atoms with Crippen LogP contribution in [0.15, 0.2) is 42.5 Å². The van der Waals surface area contributed by atoms with Crippen LogP contribution in [-0.2, 0) is 18.2 Å². The quantitative estimate of drug-likeness (QED) is 0.856. The average molecular weight is 303 g/mol. The molecule has 0 aliphatic carbocycles. The van der Waals surface area contributed by atoms with Crippen LogP contribution in [0.4, 0.5) is 0 Å². The predicted molar refractivity (Wildman–Crippen MR) is 84.3 cm³/mol. The van der Waals surface area contributed by atoms with Gasteiger partial charge in [-0.3, -0.25) is 0 Å². The van der Waals surface area contributed by atoms with Gasteiger partial charge in [-0.2, -0.15) is 5.26 Å². The van der Waals surface area contributed by atoms with Gasteiger partial charge in [0.1, 0.15) is 0 Å². The van der Waals surface area contributed by atoms with Crippen LogP contribution in [0.5, 0.6) is 0 Å². The van der Waals surface area contributed by atoms with Crippen molar-refractivity contribution in [3.8, 4) is 17.2 Å². The highest BCUT2D eigenvalue weighted by molar-refractivity contribution is 8.12. The lowest BCUT2D eigenvalue weighted by atomic mass is 9.94. The summed E-state index contributed by atoms with van der Waals surface area (Å²) in [5.41, 5.74) is 2.86. The van der Waals surface area contributed by atoms with Crippen LogP contribution in [-0.4, -0.2) is 9.79 Å². The molecule has 0 saturated heterocycles. The number of nitrogens with zero attached hydrogens (tertiary/aromatic N) is 1. The maximum Gasteiger partial charge on any atom is 0.214 e. The number of nitriles is 1. The van der Waals surface area contributed by atoms with E-state index in [1.807, 2.05) is 37.3 Å². The Balaban J connectivity index is 2.87. The van der Waals surface area contributed by atoms with Gasteiger partial charge >= 0.3 is 0 Å². The largest absolute Gasteiger partial charge is 0.342 e. The van der Waals surface area contributed by atoms with E-state index in [0.717, 1.165) is 11.1 Å². The number of hydrogen-bond donors (Lipinski definition) is 2. The van der Waals surface area contributed by atoms with Gasteiger partial charge in [0.25, 0.3) is 0 Å². The van der Waals surface area contributed by atoms with Crippen molar-refractivity contribution in [1.82, 2.24) is 0 Å². The Kier molecular flexibility index (Phi) is 4.37. The molecule has 0 unspecified atom stereocenters. The summed E-state index contributed by atoms with van der Waals surface area (Å²) in [6, 6.07) is 14.7. The standard InChI is InChI=1S/C15H14NO2PS/c1-2-13-12(10-16)8-9-14(19(17,18)20)15(13)11-6-4-3-5-7-11/h3-9H,2H2,1H3,(H2,17,18,20). The molecule has 2 aromatic rings. The molecule has 0 spiro atoms. The Morgan fingerprint density at radius 2 is 1.80 bits per heavy atom. The first kappa shape index (κ1) is 14.9. The summed E-state index contributed by atoms with van der Waals surface area (Å²) in [5.74, 6) is 0. The molecule has 0 aliphatic rings. The minimum absolute atomic E-state index is 0.342. The molecular formula is C15H14NO2PS. The molecule has 2 aromatic carbocycles. The first-order chi connectivity index (χ1) is 9.49. The van der Waals surface area contributed by atoms with Crippen LogP contribution in [0, 0.1) is 11.3 Å². The van der Waals surface area contributed by atoms with Gasteiger partial charge in [0, 0.05) is 5.30 Å². The van der Waals surface area contributed by atoms with E-state index >= 15 is 0 Å². The van der Waals surface area contributed by atoms with E-state index in [9.17, 15) is 15.0 Å². The fourth-order valence-electron chi connectivity index (χ4n) is 2.28. The molecule has 0 atom stereocenters. The smallest absolute Gasteiger partial charge is 0.214 e. The number of benzene rings is 2. The predicted octanol–water partition coefficient (Wildman–Crippen LogP) is 2.71. The molecule has 102 valence electrons. The fraction of sp³-hybridized carbons (Fsp3) is 0.133. The average Bonchev–Trinajstić information content (AvgIpc) is 2.45. The lowest BCUT2D eigenvalue weighted by molar-refractivity contribution is 0.493. The summed E-state index contributed by atoms with van der Waals surface area (Å²) in [7, 11) is 0. The van der Waals surface area contributed by atoms with Crippen molar-refractivity contribution in [3.63, 3.8) is 0 Å². The third-order valence-corrected chi connectivity index (χ3v) is 4.73. The Hall–Kier alpha value is -1.50. The Morgan fingerprint density at radius 1 is 1.15 bits per heavy atom. The van der Waals surface area contributed by atoms with E-state index < -0.39 is 6.49 Å². The Bertz CT molecular complexity index is 717. The third kappa shape index (κ3) is 2.82. The molecule has 3 nitrogen and oxygen atoms in total. The van der Waals surface area contributed by atoms with E-state index in [4.69, 9.17) is 11.8 Å². The molecule has 0 bridgehead atoms. The van der Waals surface area contributed by atoms with Gasteiger partial charge in [-0.1, -0.05) is 37.3 Å². The molecule has 0 aliphatic heterocycles. The molecule has 0 saturated carbocycles. The van der Waals surface area contributed by atoms with E-state index in [1.165, 1.54) is 0 Å². The second-order valence-electron chi connectivity index (χ2n) is 4.36. The maximum atomic E-state index is 9.91. The van der Waals surface area contributed by atoms with Crippen molar-refractivity contribution in [3.05, 3.63) is 53.6 Å². The molecule has 0 amide bonds. The van der Waals surface area contributed by atoms with Crippen LogP contribution in [0.3, 0.4) is 0 Å². The zero-order valence-corrected chi connectivity index (χ0v) is 12.7. The van der Waals surface area contributed by atoms with Crippen molar-refractivity contribution in [2.24, 2.45) is 0 Å². The summed E-state index contributed by atoms with van der Waals surface area (Å²) < 4.78 is 0. The normalized spacial score (nSPS) is 11.1. The summed E-state index contributed by atoms with van der Waals surface area (Å²) in [5, 5.41) is 9.56. The molecule has 0 fully saturated rings. The highest BCUT2D eigenvalue weighted by Crippen LogP contribution is 2.40. The van der Waals surface area contributed by atoms with Crippen molar-refractivity contribution >= 4 is 23.6 Å². The van der Waals surface area contributed by atoms with Crippen LogP contribution >= 0.6 is 6.49 Å². The second kappa shape index (κ2) is 5.87. The molecule has 2 rings (SSSR count). The summed E-state index contributed by atoms with van der Waals surface area (Å²) >= 11 is 4.87. The summed E-state index contributed by atoms with van der Waals surface area (Å²) in [6.45, 7) is -1.63. The SMILES string of the molecule is CCc1c(C#N)ccc(P(O)(O)=S)c1-c1ccccc1. The highest BCUT2D eigenvalue weighted by atomic mass is 32.5. The van der Waals surface area contributed by atoms with E-state index in [2.05, 4.69) is 6.07 Å². The van der Waals surface area contributed by atoms with Gasteiger partial charge in [0.2, 0.25) is 6.49 Å². The van der Waals surface area contributed by atoms with Crippen LogP contribution in [0.1, 0.15) is 18.1 Å². The van der Waals surface area contributed by atoms with Crippen molar-refractivity contribution in [2.75, 3.05) is 0 Å². The number of hydrogen-bond acceptors (Lipinski definition) is 2. The van der Waals surface area contributed by atoms with Crippen molar-refractivity contribution < 1.29 is 9.79 Å². The summed E-state index contributed by atoms with van der Waals surface area (Å²) in [4.78, 5) is 19.8. The van der Waals surface area contributed by atoms with Gasteiger partial charge in [-0.15, -0.1) is 0 Å². The van der Waals surface area contributed by atoms with Gasteiger partial charge in [-0.05, 0) is 47.1 Å². The van der Waals surface area contributed by atoms with Crippen LogP contribution < -0.4 is 5.30 Å². The van der Waals surface area contributed by atoms with Gasteiger partial charge in [-0.25, -0.2) is 0 Å². The summed E-state index contributed by atoms with van der Waals surface area (Å²) in [6.07, 6.45) is 0.621. The number of rotatable bonds is 3. The Morgan fingerprint density at radius 3 is 2.30 bits per heavy atom. The third-order valence-electron chi connectivity index (χ3n) is 3.14. The topological polar surface area (TPSA) is 64.2 Å². The first-order valence-electron chi connectivity index (χ1n) is 6.16. The zero-order chi connectivity index (χ0) is 14.8.